The molecule has 5 heteroatoms. The quantitative estimate of drug-likeness (QED) is 0.804. The van der Waals surface area contributed by atoms with E-state index in [0.29, 0.717) is 11.4 Å². The van der Waals surface area contributed by atoms with Crippen molar-refractivity contribution in [2.45, 2.75) is 0 Å². The van der Waals surface area contributed by atoms with Crippen LogP contribution < -0.4 is 10.1 Å². The number of rotatable bonds is 2. The van der Waals surface area contributed by atoms with Gasteiger partial charge in [-0.15, -0.1) is 0 Å². The van der Waals surface area contributed by atoms with Gasteiger partial charge in [0.1, 0.15) is 5.75 Å². The lowest BCUT2D eigenvalue weighted by atomic mass is 10.3. The number of carbonyl (C=O) groups is 1. The topological polar surface area (TPSA) is 38.3 Å². The number of amides is 1. The molecule has 0 aromatic heterocycles. The van der Waals surface area contributed by atoms with Gasteiger partial charge in [-0.3, -0.25) is 4.79 Å². The van der Waals surface area contributed by atoms with Crippen LogP contribution in [-0.4, -0.2) is 12.3 Å². The summed E-state index contributed by atoms with van der Waals surface area (Å²) < 4.78 is 5.90. The van der Waals surface area contributed by atoms with E-state index in [0.717, 1.165) is 4.47 Å². The molecule has 0 heterocycles. The Balaban J connectivity index is 3.01. The Morgan fingerprint density at radius 1 is 1.62 bits per heavy atom. The lowest BCUT2D eigenvalue weighted by Crippen LogP contribution is -2.02. The van der Waals surface area contributed by atoms with Crippen molar-refractivity contribution in [3.05, 3.63) is 22.7 Å². The van der Waals surface area contributed by atoms with Crippen LogP contribution >= 0.6 is 28.6 Å². The van der Waals surface area contributed by atoms with Crippen LogP contribution in [-0.2, 0) is 0 Å². The Morgan fingerprint density at radius 2 is 2.31 bits per heavy atom. The van der Waals surface area contributed by atoms with Crippen molar-refractivity contribution in [1.82, 2.24) is 0 Å². The largest absolute Gasteiger partial charge is 0.495 e. The zero-order chi connectivity index (χ0) is 9.84. The first-order valence-electron chi connectivity index (χ1n) is 3.47. The van der Waals surface area contributed by atoms with Gasteiger partial charge in [0.25, 0.3) is 5.24 Å². The molecule has 13 heavy (non-hydrogen) atoms. The molecule has 3 nitrogen and oxygen atoms in total. The number of nitrogens with one attached hydrogen (secondary N) is 1. The molecule has 1 aromatic rings. The van der Waals surface area contributed by atoms with E-state index < -0.39 is 5.24 Å². The molecule has 1 amide bonds. The van der Waals surface area contributed by atoms with Gasteiger partial charge >= 0.3 is 0 Å². The maximum absolute atomic E-state index is 10.7. The van der Waals surface area contributed by atoms with E-state index in [1.807, 2.05) is 6.07 Å². The van der Waals surface area contributed by atoms with Gasteiger partial charge in [0.2, 0.25) is 0 Å². The lowest BCUT2D eigenvalue weighted by Gasteiger charge is -2.08. The summed E-state index contributed by atoms with van der Waals surface area (Å²) in [6, 6.07) is 5.32. The summed E-state index contributed by atoms with van der Waals surface area (Å²) in [5.74, 6) is 0.602. The first-order chi connectivity index (χ1) is 6.13. The molecule has 0 aliphatic carbocycles. The molecule has 0 saturated heterocycles. The number of hydrogen-bond acceptors (Lipinski definition) is 2. The molecule has 0 fully saturated rings. The molecule has 1 N–H and O–H groups in total. The number of benzene rings is 1. The Labute approximate surface area is 90.0 Å². The van der Waals surface area contributed by atoms with Gasteiger partial charge in [-0.25, -0.2) is 0 Å². The standard InChI is InChI=1S/C8H8BrNO2S/c1-12-7-3-2-5(9)4-6(7)10-8(11)13/h2-4H,1H3,(H2,10,11,13). The summed E-state index contributed by atoms with van der Waals surface area (Å²) in [6.07, 6.45) is 0. The summed E-state index contributed by atoms with van der Waals surface area (Å²) in [6.45, 7) is 0. The minimum Gasteiger partial charge on any atom is -0.495 e. The molecule has 0 aliphatic rings. The molecule has 70 valence electrons. The van der Waals surface area contributed by atoms with Crippen LogP contribution in [0.3, 0.4) is 0 Å². The summed E-state index contributed by atoms with van der Waals surface area (Å²) >= 11 is 6.89. The third-order valence-corrected chi connectivity index (χ3v) is 2.01. The second-order valence-corrected chi connectivity index (χ2v) is 3.60. The maximum Gasteiger partial charge on any atom is 0.280 e. The first-order valence-corrected chi connectivity index (χ1v) is 4.71. The van der Waals surface area contributed by atoms with Gasteiger partial charge in [-0.2, -0.15) is 0 Å². The van der Waals surface area contributed by atoms with Crippen molar-refractivity contribution in [3.63, 3.8) is 0 Å². The van der Waals surface area contributed by atoms with E-state index in [1.165, 1.54) is 7.11 Å². The third-order valence-electron chi connectivity index (χ3n) is 1.40. The van der Waals surface area contributed by atoms with Gasteiger partial charge in [-0.05, 0) is 18.2 Å². The van der Waals surface area contributed by atoms with Crippen LogP contribution in [0.2, 0.25) is 0 Å². The van der Waals surface area contributed by atoms with Gasteiger partial charge in [-0.1, -0.05) is 28.6 Å². The monoisotopic (exact) mass is 261 g/mol. The summed E-state index contributed by atoms with van der Waals surface area (Å²) in [4.78, 5) is 10.7. The van der Waals surface area contributed by atoms with E-state index >= 15 is 0 Å². The second kappa shape index (κ2) is 4.53. The van der Waals surface area contributed by atoms with Crippen LogP contribution in [0, 0.1) is 0 Å². The highest BCUT2D eigenvalue weighted by Gasteiger charge is 2.04. The van der Waals surface area contributed by atoms with Crippen LogP contribution in [0.15, 0.2) is 22.7 Å². The normalized spacial score (nSPS) is 9.46. The SMILES string of the molecule is COc1ccc(Br)cc1NC(=O)S. The second-order valence-electron chi connectivity index (χ2n) is 2.27. The zero-order valence-electron chi connectivity index (χ0n) is 6.87. The number of ether oxygens (including phenoxy) is 1. The molecule has 1 rings (SSSR count). The minimum atomic E-state index is -0.420. The van der Waals surface area contributed by atoms with Crippen LogP contribution in [0.4, 0.5) is 10.5 Å². The fraction of sp³-hybridized carbons (Fsp3) is 0.125. The highest BCUT2D eigenvalue weighted by Crippen LogP contribution is 2.27. The van der Waals surface area contributed by atoms with Crippen molar-refractivity contribution in [3.8, 4) is 5.75 Å². The number of carbonyl (C=O) groups excluding carboxylic acids is 1. The highest BCUT2D eigenvalue weighted by molar-refractivity contribution is 9.10. The Bertz CT molecular complexity index is 330. The number of halogens is 1. The number of anilines is 1. The predicted octanol–water partition coefficient (Wildman–Crippen LogP) is 2.92. The van der Waals surface area contributed by atoms with E-state index in [-0.39, 0.29) is 0 Å². The number of hydrogen-bond donors (Lipinski definition) is 2. The fourth-order valence-electron chi connectivity index (χ4n) is 0.893. The smallest absolute Gasteiger partial charge is 0.280 e. The first kappa shape index (κ1) is 10.4. The average Bonchev–Trinajstić information content (AvgIpc) is 2.03. The summed E-state index contributed by atoms with van der Waals surface area (Å²) in [5.41, 5.74) is 0.594. The molecule has 0 radical (unpaired) electrons. The van der Waals surface area contributed by atoms with Gasteiger partial charge in [0, 0.05) is 4.47 Å². The fourth-order valence-corrected chi connectivity index (χ4v) is 1.37. The molecule has 0 atom stereocenters. The Hall–Kier alpha value is -0.680. The minimum absolute atomic E-state index is 0.420. The molecule has 0 bridgehead atoms. The molecule has 0 aliphatic heterocycles. The van der Waals surface area contributed by atoms with Crippen LogP contribution in [0.5, 0.6) is 5.75 Å². The van der Waals surface area contributed by atoms with Gasteiger partial charge < -0.3 is 10.1 Å². The Kier molecular flexibility index (Phi) is 3.62. The molecule has 0 saturated carbocycles. The Morgan fingerprint density at radius 3 is 2.85 bits per heavy atom. The van der Waals surface area contributed by atoms with Crippen molar-refractivity contribution in [1.29, 1.82) is 0 Å². The van der Waals surface area contributed by atoms with Crippen LogP contribution in [0.1, 0.15) is 0 Å². The van der Waals surface area contributed by atoms with E-state index in [9.17, 15) is 4.79 Å². The third kappa shape index (κ3) is 2.93. The summed E-state index contributed by atoms with van der Waals surface area (Å²) in [7, 11) is 1.54. The van der Waals surface area contributed by atoms with Crippen molar-refractivity contribution in [2.24, 2.45) is 0 Å². The molecule has 0 spiro atoms. The molecular weight excluding hydrogens is 254 g/mol. The van der Waals surface area contributed by atoms with E-state index in [4.69, 9.17) is 4.74 Å². The van der Waals surface area contributed by atoms with Crippen LogP contribution in [0.25, 0.3) is 0 Å². The number of thiol groups is 1. The molecule has 0 unspecified atom stereocenters. The average molecular weight is 262 g/mol. The maximum atomic E-state index is 10.7. The highest BCUT2D eigenvalue weighted by atomic mass is 79.9. The number of methoxy groups -OCH3 is 1. The van der Waals surface area contributed by atoms with Crippen molar-refractivity contribution in [2.75, 3.05) is 12.4 Å². The van der Waals surface area contributed by atoms with E-state index in [2.05, 4.69) is 33.9 Å². The zero-order valence-corrected chi connectivity index (χ0v) is 9.35. The van der Waals surface area contributed by atoms with Crippen molar-refractivity contribution >= 4 is 39.5 Å². The molecular formula is C8H8BrNO2S. The summed E-state index contributed by atoms with van der Waals surface area (Å²) in [5, 5.41) is 2.12. The van der Waals surface area contributed by atoms with Gasteiger partial charge in [0.15, 0.2) is 0 Å². The molecule has 1 aromatic carbocycles. The van der Waals surface area contributed by atoms with Gasteiger partial charge in [0.05, 0.1) is 12.8 Å². The van der Waals surface area contributed by atoms with E-state index in [1.54, 1.807) is 12.1 Å². The van der Waals surface area contributed by atoms with Crippen molar-refractivity contribution < 1.29 is 9.53 Å². The lowest BCUT2D eigenvalue weighted by molar-refractivity contribution is 0.270. The predicted molar refractivity (Wildman–Crippen MR) is 58.7 cm³/mol.